The number of carbonyl (C=O) groups excluding carboxylic acids is 3. The van der Waals surface area contributed by atoms with Gasteiger partial charge in [-0.15, -0.1) is 0 Å². The third-order valence-electron chi connectivity index (χ3n) is 5.65. The minimum atomic E-state index is -0.679. The molecule has 0 aromatic heterocycles. The molecule has 0 unspecified atom stereocenters. The van der Waals surface area contributed by atoms with Gasteiger partial charge >= 0.3 is 11.8 Å². The van der Waals surface area contributed by atoms with Gasteiger partial charge in [-0.1, -0.05) is 30.3 Å². The number of nitrogens with zero attached hydrogens (tertiary/aromatic N) is 1. The lowest BCUT2D eigenvalue weighted by atomic mass is 9.96. The van der Waals surface area contributed by atoms with Crippen LogP contribution in [-0.4, -0.2) is 30.8 Å². The van der Waals surface area contributed by atoms with Crippen LogP contribution in [0.5, 0.6) is 0 Å². The van der Waals surface area contributed by atoms with E-state index in [1.807, 2.05) is 54.3 Å². The van der Waals surface area contributed by atoms with Gasteiger partial charge in [-0.25, -0.2) is 0 Å². The van der Waals surface area contributed by atoms with Crippen LogP contribution >= 0.6 is 0 Å². The van der Waals surface area contributed by atoms with E-state index in [2.05, 4.69) is 10.6 Å². The molecule has 29 heavy (non-hydrogen) atoms. The van der Waals surface area contributed by atoms with Gasteiger partial charge in [0.25, 0.3) is 0 Å². The summed E-state index contributed by atoms with van der Waals surface area (Å²) in [5.74, 6) is -1.43. The highest BCUT2D eigenvalue weighted by molar-refractivity contribution is 6.39. The minimum absolute atomic E-state index is 0.112. The van der Waals surface area contributed by atoms with Gasteiger partial charge in [0.15, 0.2) is 0 Å². The SMILES string of the molecule is C[C@@H]1C(=O)N2CCCc3cc(NC(=O)C(=O)NCCCc4ccccc4)cc1c32. The zero-order valence-electron chi connectivity index (χ0n) is 16.5. The molecule has 2 aliphatic heterocycles. The Hall–Kier alpha value is -3.15. The molecule has 150 valence electrons. The number of amides is 3. The topological polar surface area (TPSA) is 78.5 Å². The third-order valence-corrected chi connectivity index (χ3v) is 5.65. The summed E-state index contributed by atoms with van der Waals surface area (Å²) in [6, 6.07) is 13.7. The van der Waals surface area contributed by atoms with Crippen molar-refractivity contribution in [3.05, 3.63) is 59.2 Å². The summed E-state index contributed by atoms with van der Waals surface area (Å²) in [5.41, 5.74) is 4.77. The number of hydrogen-bond donors (Lipinski definition) is 2. The average molecular weight is 391 g/mol. The number of hydrogen-bond acceptors (Lipinski definition) is 3. The summed E-state index contributed by atoms with van der Waals surface area (Å²) in [7, 11) is 0. The number of aryl methyl sites for hydroxylation is 2. The molecule has 0 saturated carbocycles. The Morgan fingerprint density at radius 3 is 2.72 bits per heavy atom. The van der Waals surface area contributed by atoms with E-state index >= 15 is 0 Å². The van der Waals surface area contributed by atoms with Crippen molar-refractivity contribution >= 4 is 29.1 Å². The van der Waals surface area contributed by atoms with Gasteiger partial charge in [0, 0.05) is 18.8 Å². The highest BCUT2D eigenvalue weighted by atomic mass is 16.2. The van der Waals surface area contributed by atoms with Crippen molar-refractivity contribution in [2.75, 3.05) is 23.3 Å². The lowest BCUT2D eigenvalue weighted by molar-refractivity contribution is -0.136. The number of benzene rings is 2. The highest BCUT2D eigenvalue weighted by Crippen LogP contribution is 2.44. The minimum Gasteiger partial charge on any atom is -0.348 e. The number of anilines is 2. The fraction of sp³-hybridized carbons (Fsp3) is 0.348. The maximum Gasteiger partial charge on any atom is 0.313 e. The predicted molar refractivity (Wildman–Crippen MR) is 112 cm³/mol. The van der Waals surface area contributed by atoms with E-state index in [1.54, 1.807) is 0 Å². The molecule has 2 N–H and O–H groups in total. The van der Waals surface area contributed by atoms with Gasteiger partial charge in [-0.2, -0.15) is 0 Å². The van der Waals surface area contributed by atoms with E-state index in [1.165, 1.54) is 5.56 Å². The Labute approximate surface area is 170 Å². The summed E-state index contributed by atoms with van der Waals surface area (Å²) in [6.07, 6.45) is 3.39. The zero-order chi connectivity index (χ0) is 20.4. The van der Waals surface area contributed by atoms with Crippen LogP contribution < -0.4 is 15.5 Å². The van der Waals surface area contributed by atoms with E-state index in [9.17, 15) is 14.4 Å². The summed E-state index contributed by atoms with van der Waals surface area (Å²) < 4.78 is 0. The Morgan fingerprint density at radius 2 is 1.93 bits per heavy atom. The second kappa shape index (κ2) is 8.07. The van der Waals surface area contributed by atoms with Crippen LogP contribution in [0.4, 0.5) is 11.4 Å². The Morgan fingerprint density at radius 1 is 1.14 bits per heavy atom. The van der Waals surface area contributed by atoms with E-state index in [-0.39, 0.29) is 11.8 Å². The molecule has 2 heterocycles. The van der Waals surface area contributed by atoms with Crippen molar-refractivity contribution in [3.63, 3.8) is 0 Å². The van der Waals surface area contributed by atoms with E-state index < -0.39 is 11.8 Å². The first-order valence-electron chi connectivity index (χ1n) is 10.2. The van der Waals surface area contributed by atoms with Crippen LogP contribution in [0, 0.1) is 0 Å². The quantitative estimate of drug-likeness (QED) is 0.608. The highest BCUT2D eigenvalue weighted by Gasteiger charge is 2.38. The second-order valence-electron chi connectivity index (χ2n) is 7.69. The molecule has 0 saturated heterocycles. The number of nitrogens with one attached hydrogen (secondary N) is 2. The smallest absolute Gasteiger partial charge is 0.313 e. The van der Waals surface area contributed by atoms with Crippen molar-refractivity contribution in [1.82, 2.24) is 5.32 Å². The van der Waals surface area contributed by atoms with Gasteiger partial charge in [-0.05, 0) is 61.4 Å². The molecule has 6 heteroatoms. The van der Waals surface area contributed by atoms with Crippen molar-refractivity contribution < 1.29 is 14.4 Å². The molecule has 2 aromatic rings. The van der Waals surface area contributed by atoms with Crippen molar-refractivity contribution in [2.45, 2.75) is 38.5 Å². The van der Waals surface area contributed by atoms with Crippen LogP contribution in [0.25, 0.3) is 0 Å². The van der Waals surface area contributed by atoms with Gasteiger partial charge in [0.05, 0.1) is 11.6 Å². The molecule has 4 rings (SSSR count). The average Bonchev–Trinajstić information content (AvgIpc) is 2.98. The molecule has 3 amide bonds. The maximum absolute atomic E-state index is 12.4. The van der Waals surface area contributed by atoms with Crippen molar-refractivity contribution in [1.29, 1.82) is 0 Å². The standard InChI is InChI=1S/C23H25N3O3/c1-15-19-14-18(13-17-10-6-12-26(20(17)19)23(15)29)25-22(28)21(27)24-11-5-9-16-7-3-2-4-8-16/h2-4,7-8,13-15H,5-6,9-12H2,1H3,(H,24,27)(H,25,28)/t15-/m0/s1. The lowest BCUT2D eigenvalue weighted by Gasteiger charge is -2.26. The fourth-order valence-electron chi connectivity index (χ4n) is 4.17. The van der Waals surface area contributed by atoms with Crippen molar-refractivity contribution in [2.24, 2.45) is 0 Å². The number of carbonyl (C=O) groups is 3. The fourth-order valence-corrected chi connectivity index (χ4v) is 4.17. The normalized spacial score (nSPS) is 17.1. The monoisotopic (exact) mass is 391 g/mol. The van der Waals surface area contributed by atoms with Gasteiger partial charge < -0.3 is 15.5 Å². The molecule has 0 fully saturated rings. The molecule has 6 nitrogen and oxygen atoms in total. The summed E-state index contributed by atoms with van der Waals surface area (Å²) in [5, 5.41) is 5.37. The van der Waals surface area contributed by atoms with Gasteiger partial charge in [-0.3, -0.25) is 14.4 Å². The molecule has 2 aromatic carbocycles. The molecule has 0 aliphatic carbocycles. The molecule has 2 aliphatic rings. The van der Waals surface area contributed by atoms with Crippen LogP contribution in [0.15, 0.2) is 42.5 Å². The third kappa shape index (κ3) is 3.88. The zero-order valence-corrected chi connectivity index (χ0v) is 16.5. The van der Waals surface area contributed by atoms with E-state index in [4.69, 9.17) is 0 Å². The Bertz CT molecular complexity index is 955. The van der Waals surface area contributed by atoms with E-state index in [0.717, 1.165) is 49.0 Å². The van der Waals surface area contributed by atoms with Crippen LogP contribution in [-0.2, 0) is 27.2 Å². The van der Waals surface area contributed by atoms with E-state index in [0.29, 0.717) is 12.2 Å². The Balaban J connectivity index is 1.35. The van der Waals surface area contributed by atoms with Crippen LogP contribution in [0.1, 0.15) is 42.4 Å². The predicted octanol–water partition coefficient (Wildman–Crippen LogP) is 2.77. The molecular formula is C23H25N3O3. The first kappa shape index (κ1) is 19.2. The molecule has 0 radical (unpaired) electrons. The maximum atomic E-state index is 12.4. The first-order chi connectivity index (χ1) is 14.0. The summed E-state index contributed by atoms with van der Waals surface area (Å²) in [6.45, 7) is 3.08. The number of rotatable bonds is 5. The molecule has 0 bridgehead atoms. The van der Waals surface area contributed by atoms with Crippen LogP contribution in [0.2, 0.25) is 0 Å². The summed E-state index contributed by atoms with van der Waals surface area (Å²) >= 11 is 0. The first-order valence-corrected chi connectivity index (χ1v) is 10.2. The molecular weight excluding hydrogens is 366 g/mol. The van der Waals surface area contributed by atoms with Gasteiger partial charge in [0.1, 0.15) is 0 Å². The van der Waals surface area contributed by atoms with Crippen molar-refractivity contribution in [3.8, 4) is 0 Å². The van der Waals surface area contributed by atoms with Crippen LogP contribution in [0.3, 0.4) is 0 Å². The lowest BCUT2D eigenvalue weighted by Crippen LogP contribution is -2.36. The summed E-state index contributed by atoms with van der Waals surface area (Å²) in [4.78, 5) is 38.7. The largest absolute Gasteiger partial charge is 0.348 e. The van der Waals surface area contributed by atoms with Gasteiger partial charge in [0.2, 0.25) is 5.91 Å². The molecule has 1 atom stereocenters. The second-order valence-corrected chi connectivity index (χ2v) is 7.69. The Kier molecular flexibility index (Phi) is 5.34. The molecule has 0 spiro atoms.